The van der Waals surface area contributed by atoms with Crippen LogP contribution in [0.2, 0.25) is 5.02 Å². The van der Waals surface area contributed by atoms with Crippen molar-refractivity contribution in [3.8, 4) is 11.5 Å². The van der Waals surface area contributed by atoms with Crippen molar-refractivity contribution in [2.24, 2.45) is 0 Å². The van der Waals surface area contributed by atoms with Crippen molar-refractivity contribution in [1.82, 2.24) is 5.32 Å². The van der Waals surface area contributed by atoms with Crippen molar-refractivity contribution in [2.45, 2.75) is 19.5 Å². The van der Waals surface area contributed by atoms with Gasteiger partial charge in [-0.05, 0) is 30.0 Å². The lowest BCUT2D eigenvalue weighted by Gasteiger charge is -2.16. The number of methoxy groups -OCH3 is 2. The largest absolute Gasteiger partial charge is 0.493 e. The van der Waals surface area contributed by atoms with Gasteiger partial charge in [-0.25, -0.2) is 0 Å². The summed E-state index contributed by atoms with van der Waals surface area (Å²) in [6, 6.07) is 8.30. The van der Waals surface area contributed by atoms with Crippen LogP contribution in [0.3, 0.4) is 0 Å². The number of benzene rings is 1. The Morgan fingerprint density at radius 1 is 1.25 bits per heavy atom. The van der Waals surface area contributed by atoms with Crippen molar-refractivity contribution >= 4 is 22.9 Å². The summed E-state index contributed by atoms with van der Waals surface area (Å²) in [5.74, 6) is 1.23. The molecule has 0 radical (unpaired) electrons. The SMILES string of the molecule is COc1ccc(CN[C@H](C)c2cccs2)c(Cl)c1OC. The third kappa shape index (κ3) is 3.26. The highest BCUT2D eigenvalue weighted by molar-refractivity contribution is 7.10. The fraction of sp³-hybridized carbons (Fsp3) is 0.333. The molecule has 3 nitrogen and oxygen atoms in total. The number of ether oxygens (including phenoxy) is 2. The molecule has 0 fully saturated rings. The third-order valence-electron chi connectivity index (χ3n) is 3.13. The Labute approximate surface area is 128 Å². The monoisotopic (exact) mass is 311 g/mol. The predicted molar refractivity (Wildman–Crippen MR) is 84.1 cm³/mol. The summed E-state index contributed by atoms with van der Waals surface area (Å²) in [4.78, 5) is 1.31. The van der Waals surface area contributed by atoms with Crippen LogP contribution in [0.15, 0.2) is 29.6 Å². The van der Waals surface area contributed by atoms with E-state index in [2.05, 4.69) is 29.8 Å². The minimum Gasteiger partial charge on any atom is -0.493 e. The van der Waals surface area contributed by atoms with Crippen molar-refractivity contribution in [2.75, 3.05) is 14.2 Å². The number of rotatable bonds is 6. The van der Waals surface area contributed by atoms with Crippen LogP contribution >= 0.6 is 22.9 Å². The first-order valence-electron chi connectivity index (χ1n) is 6.33. The van der Waals surface area contributed by atoms with Crippen molar-refractivity contribution in [3.05, 3.63) is 45.1 Å². The first kappa shape index (κ1) is 15.2. The zero-order valence-corrected chi connectivity index (χ0v) is 13.3. The summed E-state index contributed by atoms with van der Waals surface area (Å²) >= 11 is 8.10. The van der Waals surface area contributed by atoms with Crippen LogP contribution in [0.1, 0.15) is 23.4 Å². The van der Waals surface area contributed by atoms with Crippen LogP contribution in [0, 0.1) is 0 Å². The number of hydrogen-bond donors (Lipinski definition) is 1. The molecule has 0 saturated carbocycles. The van der Waals surface area contributed by atoms with Gasteiger partial charge in [-0.15, -0.1) is 11.3 Å². The van der Waals surface area contributed by atoms with Crippen LogP contribution < -0.4 is 14.8 Å². The van der Waals surface area contributed by atoms with Crippen LogP contribution in [0.4, 0.5) is 0 Å². The standard InChI is InChI=1S/C15H18ClNO2S/c1-10(13-5-4-8-20-13)17-9-11-6-7-12(18-2)15(19-3)14(11)16/h4-8,10,17H,9H2,1-3H3/t10-/m1/s1. The zero-order chi connectivity index (χ0) is 14.5. The van der Waals surface area contributed by atoms with Gasteiger partial charge in [-0.3, -0.25) is 0 Å². The summed E-state index contributed by atoms with van der Waals surface area (Å²) in [6.07, 6.45) is 0. The third-order valence-corrected chi connectivity index (χ3v) is 4.60. The molecule has 0 aliphatic heterocycles. The molecule has 2 rings (SSSR count). The quantitative estimate of drug-likeness (QED) is 0.864. The second-order valence-electron chi connectivity index (χ2n) is 4.39. The Morgan fingerprint density at radius 3 is 2.65 bits per heavy atom. The van der Waals surface area contributed by atoms with Crippen molar-refractivity contribution in [3.63, 3.8) is 0 Å². The minimum atomic E-state index is 0.291. The lowest BCUT2D eigenvalue weighted by molar-refractivity contribution is 0.354. The summed E-state index contributed by atoms with van der Waals surface area (Å²) in [6.45, 7) is 2.82. The van der Waals surface area contributed by atoms with Gasteiger partial charge >= 0.3 is 0 Å². The van der Waals surface area contributed by atoms with Gasteiger partial charge in [0.05, 0.1) is 19.2 Å². The van der Waals surface area contributed by atoms with E-state index in [0.717, 1.165) is 5.56 Å². The lowest BCUT2D eigenvalue weighted by Crippen LogP contribution is -2.17. The smallest absolute Gasteiger partial charge is 0.179 e. The molecule has 1 N–H and O–H groups in total. The summed E-state index contributed by atoms with van der Waals surface area (Å²) in [7, 11) is 3.19. The van der Waals surface area contributed by atoms with E-state index in [1.165, 1.54) is 4.88 Å². The Kier molecular flexibility index (Phi) is 5.29. The van der Waals surface area contributed by atoms with Gasteiger partial charge in [0.15, 0.2) is 11.5 Å². The van der Waals surface area contributed by atoms with Gasteiger partial charge in [0.1, 0.15) is 0 Å². The number of thiophene rings is 1. The average Bonchev–Trinajstić information content (AvgIpc) is 2.99. The molecule has 20 heavy (non-hydrogen) atoms. The van der Waals surface area contributed by atoms with Crippen molar-refractivity contribution < 1.29 is 9.47 Å². The van der Waals surface area contributed by atoms with E-state index >= 15 is 0 Å². The molecule has 1 heterocycles. The Bertz CT molecular complexity index is 557. The van der Waals surface area contributed by atoms with E-state index in [0.29, 0.717) is 29.1 Å². The van der Waals surface area contributed by atoms with Crippen molar-refractivity contribution in [1.29, 1.82) is 0 Å². The van der Waals surface area contributed by atoms with E-state index in [-0.39, 0.29) is 0 Å². The molecule has 5 heteroatoms. The highest BCUT2D eigenvalue weighted by Gasteiger charge is 2.14. The first-order valence-corrected chi connectivity index (χ1v) is 7.59. The van der Waals surface area contributed by atoms with Gasteiger partial charge in [0.2, 0.25) is 0 Å². The molecule has 2 aromatic rings. The van der Waals surface area contributed by atoms with Gasteiger partial charge in [-0.2, -0.15) is 0 Å². The summed E-state index contributed by atoms with van der Waals surface area (Å²) in [5, 5.41) is 6.14. The number of halogens is 1. The van der Waals surface area contributed by atoms with E-state index in [9.17, 15) is 0 Å². The average molecular weight is 312 g/mol. The minimum absolute atomic E-state index is 0.291. The van der Waals surface area contributed by atoms with Crippen LogP contribution in [0.25, 0.3) is 0 Å². The fourth-order valence-electron chi connectivity index (χ4n) is 1.97. The maximum atomic E-state index is 6.36. The van der Waals surface area contributed by atoms with E-state index in [4.69, 9.17) is 21.1 Å². The summed E-state index contributed by atoms with van der Waals surface area (Å²) < 4.78 is 10.5. The topological polar surface area (TPSA) is 30.5 Å². The van der Waals surface area contributed by atoms with Gasteiger partial charge in [0, 0.05) is 17.5 Å². The van der Waals surface area contributed by atoms with E-state index in [1.54, 1.807) is 25.6 Å². The zero-order valence-electron chi connectivity index (χ0n) is 11.8. The molecular formula is C15H18ClNO2S. The molecule has 0 spiro atoms. The number of hydrogen-bond acceptors (Lipinski definition) is 4. The molecule has 0 bridgehead atoms. The molecular weight excluding hydrogens is 294 g/mol. The fourth-order valence-corrected chi connectivity index (χ4v) is 3.03. The van der Waals surface area contributed by atoms with Gasteiger partial charge in [0.25, 0.3) is 0 Å². The second kappa shape index (κ2) is 6.97. The highest BCUT2D eigenvalue weighted by Crippen LogP contribution is 2.37. The highest BCUT2D eigenvalue weighted by atomic mass is 35.5. The molecule has 0 aliphatic rings. The van der Waals surface area contributed by atoms with Crippen LogP contribution in [0.5, 0.6) is 11.5 Å². The summed E-state index contributed by atoms with van der Waals surface area (Å²) in [5.41, 5.74) is 0.993. The normalized spacial score (nSPS) is 12.2. The Hall–Kier alpha value is -1.23. The molecule has 0 saturated heterocycles. The first-order chi connectivity index (χ1) is 9.67. The van der Waals surface area contributed by atoms with Gasteiger partial charge < -0.3 is 14.8 Å². The predicted octanol–water partition coefficient (Wildman–Crippen LogP) is 4.27. The molecule has 0 amide bonds. The van der Waals surface area contributed by atoms with Gasteiger partial charge in [-0.1, -0.05) is 23.7 Å². The van der Waals surface area contributed by atoms with Crippen LogP contribution in [-0.4, -0.2) is 14.2 Å². The lowest BCUT2D eigenvalue weighted by atomic mass is 10.1. The maximum absolute atomic E-state index is 6.36. The second-order valence-corrected chi connectivity index (χ2v) is 5.75. The molecule has 1 aromatic carbocycles. The molecule has 1 atom stereocenters. The molecule has 1 aromatic heterocycles. The Morgan fingerprint density at radius 2 is 2.05 bits per heavy atom. The molecule has 0 aliphatic carbocycles. The molecule has 108 valence electrons. The Balaban J connectivity index is 2.10. The molecule has 0 unspecified atom stereocenters. The van der Waals surface area contributed by atoms with E-state index in [1.807, 2.05) is 12.1 Å². The number of nitrogens with one attached hydrogen (secondary N) is 1. The van der Waals surface area contributed by atoms with E-state index < -0.39 is 0 Å². The maximum Gasteiger partial charge on any atom is 0.179 e. The van der Waals surface area contributed by atoms with Crippen LogP contribution in [-0.2, 0) is 6.54 Å².